The predicted octanol–water partition coefficient (Wildman–Crippen LogP) is 3.77. The Bertz CT molecular complexity index is 1520. The van der Waals surface area contributed by atoms with Crippen LogP contribution in [0.15, 0.2) is 65.7 Å². The zero-order chi connectivity index (χ0) is 21.7. The fourth-order valence-electron chi connectivity index (χ4n) is 3.81. The van der Waals surface area contributed by atoms with Gasteiger partial charge in [0.1, 0.15) is 23.0 Å². The molecule has 0 aliphatic carbocycles. The van der Waals surface area contributed by atoms with E-state index >= 15 is 0 Å². The molecule has 0 saturated carbocycles. The lowest BCUT2D eigenvalue weighted by Crippen LogP contribution is -2.21. The summed E-state index contributed by atoms with van der Waals surface area (Å²) < 4.78 is 31.5. The average Bonchev–Trinajstić information content (AvgIpc) is 3.32. The number of H-pyrrole nitrogens is 1. The third kappa shape index (κ3) is 2.95. The molecule has 0 aliphatic heterocycles. The number of imidazole rings is 1. The number of pyridine rings is 1. The number of halogens is 2. The van der Waals surface area contributed by atoms with E-state index in [0.717, 1.165) is 23.2 Å². The Morgan fingerprint density at radius 3 is 2.55 bits per heavy atom. The monoisotopic (exact) mass is 418 g/mol. The molecule has 8 heteroatoms. The number of fused-ring (bicyclic) bond motifs is 2. The maximum atomic E-state index is 14.1. The van der Waals surface area contributed by atoms with Crippen LogP contribution in [0.4, 0.5) is 8.78 Å². The summed E-state index contributed by atoms with van der Waals surface area (Å²) in [7, 11) is 1.88. The molecule has 0 unspecified atom stereocenters. The van der Waals surface area contributed by atoms with Crippen molar-refractivity contribution in [2.75, 3.05) is 0 Å². The highest BCUT2D eigenvalue weighted by Gasteiger charge is 2.22. The van der Waals surface area contributed by atoms with Crippen molar-refractivity contribution in [1.82, 2.24) is 19.1 Å². The van der Waals surface area contributed by atoms with Gasteiger partial charge in [0, 0.05) is 30.4 Å². The predicted molar refractivity (Wildman–Crippen MR) is 112 cm³/mol. The largest absolute Gasteiger partial charge is 0.356 e. The Morgan fingerprint density at radius 1 is 1.06 bits per heavy atom. The highest BCUT2D eigenvalue weighted by molar-refractivity contribution is 6.16. The van der Waals surface area contributed by atoms with Gasteiger partial charge in [-0.3, -0.25) is 9.59 Å². The first-order chi connectivity index (χ1) is 15.0. The molecule has 0 aliphatic rings. The third-order valence-electron chi connectivity index (χ3n) is 5.44. The Labute approximate surface area is 174 Å². The molecular weight excluding hydrogens is 402 g/mol. The van der Waals surface area contributed by atoms with Crippen molar-refractivity contribution in [1.29, 1.82) is 0 Å². The zero-order valence-electron chi connectivity index (χ0n) is 16.4. The maximum Gasteiger partial charge on any atom is 0.275 e. The molecule has 0 spiro atoms. The average molecular weight is 418 g/mol. The first kappa shape index (κ1) is 18.9. The Hall–Kier alpha value is -4.07. The van der Waals surface area contributed by atoms with E-state index in [1.165, 1.54) is 16.8 Å². The summed E-state index contributed by atoms with van der Waals surface area (Å²) in [6.45, 7) is 0.226. The molecule has 2 aromatic carbocycles. The zero-order valence-corrected chi connectivity index (χ0v) is 16.4. The van der Waals surface area contributed by atoms with E-state index in [9.17, 15) is 18.4 Å². The number of aromatic nitrogens is 4. The van der Waals surface area contributed by atoms with Crippen molar-refractivity contribution in [2.24, 2.45) is 7.05 Å². The fourth-order valence-corrected chi connectivity index (χ4v) is 3.81. The second kappa shape index (κ2) is 7.02. The number of hydrogen-bond acceptors (Lipinski definition) is 3. The van der Waals surface area contributed by atoms with Gasteiger partial charge < -0.3 is 14.1 Å². The van der Waals surface area contributed by atoms with Crippen molar-refractivity contribution in [3.05, 3.63) is 99.9 Å². The maximum absolute atomic E-state index is 14.1. The van der Waals surface area contributed by atoms with Gasteiger partial charge in [0.25, 0.3) is 5.56 Å². The number of rotatable bonds is 4. The molecule has 0 fully saturated rings. The normalized spacial score (nSPS) is 11.5. The van der Waals surface area contributed by atoms with Crippen molar-refractivity contribution < 1.29 is 13.6 Å². The topological polar surface area (TPSA) is 72.7 Å². The summed E-state index contributed by atoms with van der Waals surface area (Å²) in [5.41, 5.74) is 0.984. The lowest BCUT2D eigenvalue weighted by Gasteiger charge is -2.07. The lowest BCUT2D eigenvalue weighted by molar-refractivity contribution is 0.103. The van der Waals surface area contributed by atoms with E-state index in [0.29, 0.717) is 11.2 Å². The molecule has 31 heavy (non-hydrogen) atoms. The van der Waals surface area contributed by atoms with Gasteiger partial charge in [-0.2, -0.15) is 0 Å². The van der Waals surface area contributed by atoms with Crippen molar-refractivity contribution in [3.63, 3.8) is 0 Å². The minimum atomic E-state index is -0.949. The summed E-state index contributed by atoms with van der Waals surface area (Å²) >= 11 is 0. The fraction of sp³-hybridized carbons (Fsp3) is 0.0870. The van der Waals surface area contributed by atoms with Gasteiger partial charge in [-0.15, -0.1) is 0 Å². The highest BCUT2D eigenvalue weighted by atomic mass is 19.1. The van der Waals surface area contributed by atoms with Crippen molar-refractivity contribution >= 4 is 27.7 Å². The van der Waals surface area contributed by atoms with Crippen LogP contribution in [-0.4, -0.2) is 24.9 Å². The number of benzene rings is 2. The van der Waals surface area contributed by atoms with Gasteiger partial charge in [0.2, 0.25) is 5.78 Å². The summed E-state index contributed by atoms with van der Waals surface area (Å²) in [4.78, 5) is 33.1. The number of ketones is 1. The number of hydrogen-bond donors (Lipinski definition) is 1. The van der Waals surface area contributed by atoms with E-state index in [1.54, 1.807) is 12.3 Å². The van der Waals surface area contributed by atoms with E-state index in [-0.39, 0.29) is 23.2 Å². The number of para-hydroxylation sites is 2. The second-order valence-electron chi connectivity index (χ2n) is 7.24. The van der Waals surface area contributed by atoms with Crippen LogP contribution in [0.3, 0.4) is 0 Å². The SMILES string of the molecule is Cn1c(Cn2ccc3c(C(=O)c4c(F)cccc4F)c[nH]c3c2=O)nc2ccccc21. The van der Waals surface area contributed by atoms with E-state index in [4.69, 9.17) is 0 Å². The van der Waals surface area contributed by atoms with Crippen LogP contribution in [0.5, 0.6) is 0 Å². The molecule has 0 atom stereocenters. The first-order valence-electron chi connectivity index (χ1n) is 9.55. The van der Waals surface area contributed by atoms with Gasteiger partial charge >= 0.3 is 0 Å². The Morgan fingerprint density at radius 2 is 1.81 bits per heavy atom. The van der Waals surface area contributed by atoms with Gasteiger partial charge in [-0.05, 0) is 30.3 Å². The summed E-state index contributed by atoms with van der Waals surface area (Å²) in [5.74, 6) is -2.03. The Kier molecular flexibility index (Phi) is 4.28. The number of nitrogens with zero attached hydrogens (tertiary/aromatic N) is 3. The second-order valence-corrected chi connectivity index (χ2v) is 7.24. The van der Waals surface area contributed by atoms with Gasteiger partial charge in [0.05, 0.1) is 23.1 Å². The molecule has 0 radical (unpaired) electrons. The molecule has 0 bridgehead atoms. The molecule has 6 nitrogen and oxygen atoms in total. The number of aryl methyl sites for hydroxylation is 1. The standard InChI is InChI=1S/C23H16F2N4O2/c1-28-18-8-3-2-7-17(18)27-19(28)12-29-10-9-13-14(11-26-21(13)23(29)31)22(30)20-15(24)5-4-6-16(20)25/h2-11,26H,12H2,1H3. The minimum absolute atomic E-state index is 0.0333. The van der Waals surface area contributed by atoms with Gasteiger partial charge in [0.15, 0.2) is 0 Å². The van der Waals surface area contributed by atoms with Crippen LogP contribution in [-0.2, 0) is 13.6 Å². The molecule has 0 saturated heterocycles. The van der Waals surface area contributed by atoms with E-state index < -0.39 is 23.0 Å². The molecule has 3 aromatic heterocycles. The summed E-state index contributed by atoms with van der Waals surface area (Å²) in [5, 5.41) is 0.305. The van der Waals surface area contributed by atoms with Crippen LogP contribution in [0, 0.1) is 11.6 Å². The molecule has 3 heterocycles. The lowest BCUT2D eigenvalue weighted by atomic mass is 10.0. The third-order valence-corrected chi connectivity index (χ3v) is 5.44. The number of carbonyl (C=O) groups excluding carboxylic acids is 1. The number of carbonyl (C=O) groups is 1. The molecule has 5 aromatic rings. The van der Waals surface area contributed by atoms with Crippen LogP contribution in [0.1, 0.15) is 21.7 Å². The quantitative estimate of drug-likeness (QED) is 0.452. The molecule has 154 valence electrons. The molecule has 5 rings (SSSR count). The van der Waals surface area contributed by atoms with E-state index in [2.05, 4.69) is 9.97 Å². The molecular formula is C23H16F2N4O2. The van der Waals surface area contributed by atoms with Crippen molar-refractivity contribution in [3.8, 4) is 0 Å². The van der Waals surface area contributed by atoms with Crippen LogP contribution in [0.25, 0.3) is 21.9 Å². The number of aromatic amines is 1. The highest BCUT2D eigenvalue weighted by Crippen LogP contribution is 2.23. The minimum Gasteiger partial charge on any atom is -0.356 e. The van der Waals surface area contributed by atoms with Gasteiger partial charge in [-0.1, -0.05) is 18.2 Å². The molecule has 0 amide bonds. The summed E-state index contributed by atoms with van der Waals surface area (Å²) in [6, 6.07) is 12.5. The van der Waals surface area contributed by atoms with Crippen LogP contribution >= 0.6 is 0 Å². The van der Waals surface area contributed by atoms with Crippen LogP contribution in [0.2, 0.25) is 0 Å². The Balaban J connectivity index is 1.56. The summed E-state index contributed by atoms with van der Waals surface area (Å²) in [6.07, 6.45) is 2.85. The van der Waals surface area contributed by atoms with Crippen molar-refractivity contribution in [2.45, 2.75) is 6.54 Å². The van der Waals surface area contributed by atoms with E-state index in [1.807, 2.05) is 35.9 Å². The van der Waals surface area contributed by atoms with Gasteiger partial charge in [-0.25, -0.2) is 13.8 Å². The first-order valence-corrected chi connectivity index (χ1v) is 9.55. The molecule has 1 N–H and O–H groups in total. The smallest absolute Gasteiger partial charge is 0.275 e. The number of nitrogens with one attached hydrogen (secondary N) is 1. The van der Waals surface area contributed by atoms with Crippen LogP contribution < -0.4 is 5.56 Å².